The van der Waals surface area contributed by atoms with E-state index in [1.807, 2.05) is 6.07 Å². The number of amides is 4. The molecule has 8 nitrogen and oxygen atoms in total. The van der Waals surface area contributed by atoms with Crippen molar-refractivity contribution in [3.05, 3.63) is 34.8 Å². The number of carbonyl (C=O) groups is 3. The van der Waals surface area contributed by atoms with Crippen LogP contribution in [0, 0.1) is 17.8 Å². The Labute approximate surface area is 178 Å². The van der Waals surface area contributed by atoms with Gasteiger partial charge in [0.2, 0.25) is 0 Å². The molecule has 0 unspecified atom stereocenters. The lowest BCUT2D eigenvalue weighted by Gasteiger charge is -2.58. The predicted octanol–water partition coefficient (Wildman–Crippen LogP) is 2.74. The second kappa shape index (κ2) is 6.55. The first-order valence-electron chi connectivity index (χ1n) is 11.2. The summed E-state index contributed by atoms with van der Waals surface area (Å²) in [6, 6.07) is 6.67. The molecular weight excluding hydrogens is 398 g/mol. The van der Waals surface area contributed by atoms with E-state index in [0.717, 1.165) is 24.2 Å². The summed E-state index contributed by atoms with van der Waals surface area (Å²) in [5.74, 6) is -0.165. The molecular formula is C23H25N3O5. The van der Waals surface area contributed by atoms with Gasteiger partial charge >= 0.3 is 23.6 Å². The third-order valence-corrected chi connectivity index (χ3v) is 7.87. The third kappa shape index (κ3) is 2.73. The quantitative estimate of drug-likeness (QED) is 0.545. The molecule has 1 saturated heterocycles. The standard InChI is InChI=1S/C23H25N3O5/c27-19-20(28)26(23-11-14-8-15(12-23)10-16(9-14)13-23)21(29)25(19)7-3-6-24-17-4-1-2-5-18(17)31-22(24)30/h1-2,4-5,14-16H,3,6-13H2. The summed E-state index contributed by atoms with van der Waals surface area (Å²) < 4.78 is 6.73. The summed E-state index contributed by atoms with van der Waals surface area (Å²) in [6.45, 7) is 0.413. The monoisotopic (exact) mass is 423 g/mol. The van der Waals surface area contributed by atoms with Crippen molar-refractivity contribution in [1.82, 2.24) is 14.4 Å². The fourth-order valence-corrected chi connectivity index (χ4v) is 7.07. The number of nitrogens with zero attached hydrogens (tertiary/aromatic N) is 3. The van der Waals surface area contributed by atoms with E-state index in [0.29, 0.717) is 41.8 Å². The first-order chi connectivity index (χ1) is 14.9. The number of aryl methyl sites for hydroxylation is 1. The number of benzene rings is 1. The van der Waals surface area contributed by atoms with Crippen LogP contribution in [-0.4, -0.2) is 44.3 Å². The second-order valence-corrected chi connectivity index (χ2v) is 9.86. The first-order valence-corrected chi connectivity index (χ1v) is 11.2. The zero-order valence-electron chi connectivity index (χ0n) is 17.3. The smallest absolute Gasteiger partial charge is 0.408 e. The summed E-state index contributed by atoms with van der Waals surface area (Å²) in [4.78, 5) is 53.4. The van der Waals surface area contributed by atoms with Crippen LogP contribution in [0.4, 0.5) is 4.79 Å². The van der Waals surface area contributed by atoms with E-state index in [-0.39, 0.29) is 6.54 Å². The van der Waals surface area contributed by atoms with Crippen molar-refractivity contribution in [3.8, 4) is 0 Å². The molecule has 4 bridgehead atoms. The fourth-order valence-electron chi connectivity index (χ4n) is 7.07. The Morgan fingerprint density at radius 2 is 1.52 bits per heavy atom. The molecule has 0 spiro atoms. The van der Waals surface area contributed by atoms with Gasteiger partial charge in [-0.05, 0) is 74.8 Å². The van der Waals surface area contributed by atoms with Crippen LogP contribution in [0.5, 0.6) is 0 Å². The minimum Gasteiger partial charge on any atom is -0.408 e. The number of rotatable bonds is 5. The number of aromatic nitrogens is 1. The van der Waals surface area contributed by atoms with Gasteiger partial charge in [-0.3, -0.25) is 19.1 Å². The normalized spacial score (nSPS) is 32.1. The second-order valence-electron chi connectivity index (χ2n) is 9.86. The largest absolute Gasteiger partial charge is 0.419 e. The van der Waals surface area contributed by atoms with Crippen molar-refractivity contribution >= 4 is 28.9 Å². The molecule has 1 aromatic heterocycles. The highest BCUT2D eigenvalue weighted by atomic mass is 16.4. The van der Waals surface area contributed by atoms with E-state index in [1.165, 1.54) is 28.7 Å². The van der Waals surface area contributed by atoms with Gasteiger partial charge < -0.3 is 4.42 Å². The van der Waals surface area contributed by atoms with Crippen LogP contribution < -0.4 is 5.76 Å². The average Bonchev–Trinajstić information content (AvgIpc) is 3.15. The lowest BCUT2D eigenvalue weighted by Crippen LogP contribution is -2.62. The van der Waals surface area contributed by atoms with Gasteiger partial charge in [0.15, 0.2) is 5.58 Å². The van der Waals surface area contributed by atoms with E-state index < -0.39 is 29.1 Å². The number of urea groups is 1. The Morgan fingerprint density at radius 3 is 2.19 bits per heavy atom. The molecule has 0 atom stereocenters. The molecule has 5 fully saturated rings. The number of oxazole rings is 1. The Morgan fingerprint density at radius 1 is 0.871 bits per heavy atom. The molecule has 2 heterocycles. The molecule has 1 aromatic carbocycles. The van der Waals surface area contributed by atoms with Crippen LogP contribution >= 0.6 is 0 Å². The minimum atomic E-state index is -0.731. The SMILES string of the molecule is O=C1C(=O)N(C23CC4CC(CC(C4)C2)C3)C(=O)N1CCCn1c(=O)oc2ccccc21. The Bertz CT molecular complexity index is 1130. The maximum Gasteiger partial charge on any atom is 0.419 e. The zero-order chi connectivity index (χ0) is 21.3. The van der Waals surface area contributed by atoms with Crippen molar-refractivity contribution in [3.63, 3.8) is 0 Å². The van der Waals surface area contributed by atoms with Crippen LogP contribution in [0.3, 0.4) is 0 Å². The Balaban J connectivity index is 1.20. The predicted molar refractivity (Wildman–Crippen MR) is 110 cm³/mol. The summed E-state index contributed by atoms with van der Waals surface area (Å²) >= 11 is 0. The van der Waals surface area contributed by atoms with Gasteiger partial charge in [0.25, 0.3) is 0 Å². The molecule has 4 saturated carbocycles. The van der Waals surface area contributed by atoms with Crippen LogP contribution in [0.25, 0.3) is 11.1 Å². The number of hydrogen-bond acceptors (Lipinski definition) is 5. The molecule has 5 aliphatic rings. The summed E-state index contributed by atoms with van der Waals surface area (Å²) in [7, 11) is 0. The summed E-state index contributed by atoms with van der Waals surface area (Å²) in [5.41, 5.74) is 0.715. The topological polar surface area (TPSA) is 92.8 Å². The number of carbonyl (C=O) groups excluding carboxylic acids is 3. The molecule has 31 heavy (non-hydrogen) atoms. The third-order valence-electron chi connectivity index (χ3n) is 7.87. The van der Waals surface area contributed by atoms with E-state index >= 15 is 0 Å². The molecule has 4 aliphatic carbocycles. The van der Waals surface area contributed by atoms with Gasteiger partial charge in [0.1, 0.15) is 0 Å². The Kier molecular flexibility index (Phi) is 3.98. The van der Waals surface area contributed by atoms with Gasteiger partial charge in [-0.15, -0.1) is 0 Å². The van der Waals surface area contributed by atoms with Gasteiger partial charge in [0.05, 0.1) is 11.1 Å². The van der Waals surface area contributed by atoms with Crippen molar-refractivity contribution in [2.75, 3.05) is 6.54 Å². The highest BCUT2D eigenvalue weighted by molar-refractivity contribution is 6.44. The van der Waals surface area contributed by atoms with Crippen molar-refractivity contribution in [2.45, 2.75) is 57.0 Å². The zero-order valence-corrected chi connectivity index (χ0v) is 17.3. The van der Waals surface area contributed by atoms with Crippen LogP contribution in [-0.2, 0) is 16.1 Å². The summed E-state index contributed by atoms with van der Waals surface area (Å²) in [6.07, 6.45) is 6.49. The molecule has 8 heteroatoms. The highest BCUT2D eigenvalue weighted by Crippen LogP contribution is 2.58. The van der Waals surface area contributed by atoms with Crippen molar-refractivity contribution < 1.29 is 18.8 Å². The number of fused-ring (bicyclic) bond motifs is 1. The lowest BCUT2D eigenvalue weighted by molar-refractivity contribution is -0.150. The molecule has 4 amide bonds. The van der Waals surface area contributed by atoms with Gasteiger partial charge in [-0.2, -0.15) is 0 Å². The average molecular weight is 423 g/mol. The molecule has 7 rings (SSSR count). The molecule has 2 aromatic rings. The fraction of sp³-hybridized carbons (Fsp3) is 0.565. The first kappa shape index (κ1) is 18.8. The van der Waals surface area contributed by atoms with Crippen LogP contribution in [0.2, 0.25) is 0 Å². The van der Waals surface area contributed by atoms with E-state index in [1.54, 1.807) is 18.2 Å². The van der Waals surface area contributed by atoms with Gasteiger partial charge in [-0.1, -0.05) is 12.1 Å². The van der Waals surface area contributed by atoms with Crippen molar-refractivity contribution in [1.29, 1.82) is 0 Å². The molecule has 162 valence electrons. The van der Waals surface area contributed by atoms with E-state index in [9.17, 15) is 19.2 Å². The van der Waals surface area contributed by atoms with Gasteiger partial charge in [-0.25, -0.2) is 14.5 Å². The Hall–Kier alpha value is -2.90. The van der Waals surface area contributed by atoms with Crippen molar-refractivity contribution in [2.24, 2.45) is 17.8 Å². The summed E-state index contributed by atoms with van der Waals surface area (Å²) in [5, 5.41) is 0. The molecule has 0 radical (unpaired) electrons. The number of hydrogen-bond donors (Lipinski definition) is 0. The highest BCUT2D eigenvalue weighted by Gasteiger charge is 2.60. The van der Waals surface area contributed by atoms with Gasteiger partial charge in [0, 0.05) is 13.1 Å². The minimum absolute atomic E-state index is 0.109. The lowest BCUT2D eigenvalue weighted by atomic mass is 9.52. The van der Waals surface area contributed by atoms with Crippen LogP contribution in [0.1, 0.15) is 44.9 Å². The maximum atomic E-state index is 13.2. The number of imide groups is 2. The number of para-hydroxylation sites is 2. The maximum absolute atomic E-state index is 13.2. The van der Waals surface area contributed by atoms with E-state index in [4.69, 9.17) is 4.42 Å². The van der Waals surface area contributed by atoms with E-state index in [2.05, 4.69) is 0 Å². The molecule has 1 aliphatic heterocycles. The molecule has 0 N–H and O–H groups in total. The van der Waals surface area contributed by atoms with Crippen LogP contribution in [0.15, 0.2) is 33.5 Å².